The Morgan fingerprint density at radius 1 is 0.977 bits per heavy atom. The van der Waals surface area contributed by atoms with Crippen LogP contribution in [0.5, 0.6) is 23.0 Å². The number of carbonyl (C=O) groups excluding carboxylic acids is 2. The molecule has 9 heteroatoms. The van der Waals surface area contributed by atoms with Crippen molar-refractivity contribution in [3.63, 3.8) is 0 Å². The SMILES string of the molecule is C=CC[C@@H](COCc1ccc(OC)cc1)OC(=O)[C@H]1CCCCN1C(=O)[C@H](c1cc(O)c(OC)c(OC)c1)C1CCCCC1. The van der Waals surface area contributed by atoms with Crippen molar-refractivity contribution in [1.82, 2.24) is 4.90 Å². The maximum Gasteiger partial charge on any atom is 0.329 e. The van der Waals surface area contributed by atoms with E-state index in [4.69, 9.17) is 23.7 Å². The molecule has 3 atom stereocenters. The van der Waals surface area contributed by atoms with Crippen LogP contribution in [0.15, 0.2) is 49.1 Å². The van der Waals surface area contributed by atoms with Gasteiger partial charge in [0.15, 0.2) is 11.5 Å². The van der Waals surface area contributed by atoms with Crippen LogP contribution in [0.3, 0.4) is 0 Å². The Labute approximate surface area is 261 Å². The topological polar surface area (TPSA) is 104 Å². The van der Waals surface area contributed by atoms with E-state index in [0.717, 1.165) is 56.3 Å². The molecule has 0 bridgehead atoms. The summed E-state index contributed by atoms with van der Waals surface area (Å²) in [5.41, 5.74) is 1.65. The van der Waals surface area contributed by atoms with Gasteiger partial charge in [0.1, 0.15) is 17.9 Å². The fraction of sp³-hybridized carbons (Fsp3) is 0.543. The van der Waals surface area contributed by atoms with E-state index in [-0.39, 0.29) is 29.9 Å². The van der Waals surface area contributed by atoms with Gasteiger partial charge < -0.3 is 33.7 Å². The number of phenolic OH excluding ortho intramolecular Hbond substituents is 1. The molecule has 0 spiro atoms. The van der Waals surface area contributed by atoms with Crippen LogP contribution in [0, 0.1) is 5.92 Å². The molecule has 1 aliphatic heterocycles. The van der Waals surface area contributed by atoms with Crippen LogP contribution in [0.25, 0.3) is 0 Å². The van der Waals surface area contributed by atoms with E-state index in [1.54, 1.807) is 30.2 Å². The molecule has 2 fully saturated rings. The Morgan fingerprint density at radius 3 is 2.36 bits per heavy atom. The van der Waals surface area contributed by atoms with Gasteiger partial charge in [0, 0.05) is 13.0 Å². The Balaban J connectivity index is 1.51. The molecule has 4 rings (SSSR count). The van der Waals surface area contributed by atoms with Crippen LogP contribution >= 0.6 is 0 Å². The van der Waals surface area contributed by atoms with Gasteiger partial charge in [0.25, 0.3) is 0 Å². The first-order valence-corrected chi connectivity index (χ1v) is 15.7. The standard InChI is InChI=1S/C35H47NO8/c1-5-11-28(23-43-22-24-15-17-27(40-2)18-16-24)44-35(39)29-14-9-10-19-36(29)34(38)32(25-12-7-6-8-13-25)26-20-30(37)33(42-4)31(21-26)41-3/h5,15-18,20-21,25,28-29,32,37H,1,6-14,19,22-23H2,2-4H3/t28-,29+,32-/m0/s1. The van der Waals surface area contributed by atoms with Crippen LogP contribution in [-0.2, 0) is 25.7 Å². The number of hydrogen-bond acceptors (Lipinski definition) is 8. The van der Waals surface area contributed by atoms with Crippen molar-refractivity contribution in [2.75, 3.05) is 34.5 Å². The predicted molar refractivity (Wildman–Crippen MR) is 167 cm³/mol. The number of methoxy groups -OCH3 is 3. The third-order valence-electron chi connectivity index (χ3n) is 8.73. The predicted octanol–water partition coefficient (Wildman–Crippen LogP) is 6.17. The summed E-state index contributed by atoms with van der Waals surface area (Å²) < 4.78 is 27.9. The molecule has 240 valence electrons. The van der Waals surface area contributed by atoms with E-state index in [1.165, 1.54) is 14.2 Å². The van der Waals surface area contributed by atoms with E-state index >= 15 is 0 Å². The number of phenols is 1. The van der Waals surface area contributed by atoms with Crippen LogP contribution in [0.4, 0.5) is 0 Å². The van der Waals surface area contributed by atoms with Gasteiger partial charge in [0.2, 0.25) is 11.7 Å². The summed E-state index contributed by atoms with van der Waals surface area (Å²) in [6.07, 6.45) is 8.83. The Hall–Kier alpha value is -3.72. The normalized spacial score (nSPS) is 18.6. The van der Waals surface area contributed by atoms with Crippen molar-refractivity contribution in [3.8, 4) is 23.0 Å². The minimum Gasteiger partial charge on any atom is -0.504 e. The highest BCUT2D eigenvalue weighted by molar-refractivity contribution is 5.89. The second kappa shape index (κ2) is 16.4. The number of amides is 1. The lowest BCUT2D eigenvalue weighted by Gasteiger charge is -2.39. The number of hydrogen-bond donors (Lipinski definition) is 1. The third-order valence-corrected chi connectivity index (χ3v) is 8.73. The minimum atomic E-state index is -0.690. The molecule has 44 heavy (non-hydrogen) atoms. The van der Waals surface area contributed by atoms with Crippen LogP contribution in [-0.4, -0.2) is 68.5 Å². The van der Waals surface area contributed by atoms with Gasteiger partial charge >= 0.3 is 5.97 Å². The molecular formula is C35H47NO8. The number of piperidine rings is 1. The summed E-state index contributed by atoms with van der Waals surface area (Å²) in [5, 5.41) is 10.8. The number of rotatable bonds is 14. The number of nitrogens with zero attached hydrogens (tertiary/aromatic N) is 1. The molecule has 1 saturated heterocycles. The van der Waals surface area contributed by atoms with Crippen LogP contribution < -0.4 is 14.2 Å². The van der Waals surface area contributed by atoms with Gasteiger partial charge in [0.05, 0.1) is 40.5 Å². The number of aromatic hydroxyl groups is 1. The van der Waals surface area contributed by atoms with E-state index in [2.05, 4.69) is 6.58 Å². The monoisotopic (exact) mass is 609 g/mol. The first-order chi connectivity index (χ1) is 21.4. The highest BCUT2D eigenvalue weighted by Gasteiger charge is 2.41. The maximum absolute atomic E-state index is 14.5. The molecule has 2 aliphatic rings. The van der Waals surface area contributed by atoms with Crippen molar-refractivity contribution in [1.29, 1.82) is 0 Å². The summed E-state index contributed by atoms with van der Waals surface area (Å²) in [5.74, 6) is 0.329. The third kappa shape index (κ3) is 8.25. The van der Waals surface area contributed by atoms with Gasteiger partial charge in [-0.25, -0.2) is 4.79 Å². The molecule has 9 nitrogen and oxygen atoms in total. The Bertz CT molecular complexity index is 1240. The van der Waals surface area contributed by atoms with Gasteiger partial charge in [-0.15, -0.1) is 6.58 Å². The average molecular weight is 610 g/mol. The number of benzene rings is 2. The molecular weight excluding hydrogens is 562 g/mol. The van der Waals surface area contributed by atoms with Gasteiger partial charge in [-0.05, 0) is 73.4 Å². The first kappa shape index (κ1) is 33.2. The first-order valence-electron chi connectivity index (χ1n) is 15.7. The zero-order valence-corrected chi connectivity index (χ0v) is 26.3. The lowest BCUT2D eigenvalue weighted by atomic mass is 9.75. The minimum absolute atomic E-state index is 0.0769. The number of ether oxygens (including phenoxy) is 5. The number of esters is 1. The lowest BCUT2D eigenvalue weighted by Crippen LogP contribution is -2.52. The van der Waals surface area contributed by atoms with Crippen molar-refractivity contribution in [2.24, 2.45) is 5.92 Å². The fourth-order valence-corrected chi connectivity index (χ4v) is 6.46. The van der Waals surface area contributed by atoms with Crippen molar-refractivity contribution in [2.45, 2.75) is 82.5 Å². The maximum atomic E-state index is 14.5. The Morgan fingerprint density at radius 2 is 1.70 bits per heavy atom. The molecule has 1 amide bonds. The van der Waals surface area contributed by atoms with Gasteiger partial charge in [-0.2, -0.15) is 0 Å². The van der Waals surface area contributed by atoms with Gasteiger partial charge in [-0.3, -0.25) is 4.79 Å². The van der Waals surface area contributed by atoms with Crippen LogP contribution in [0.2, 0.25) is 0 Å². The zero-order valence-electron chi connectivity index (χ0n) is 26.3. The quantitative estimate of drug-likeness (QED) is 0.200. The molecule has 1 heterocycles. The highest BCUT2D eigenvalue weighted by Crippen LogP contribution is 2.44. The average Bonchev–Trinajstić information content (AvgIpc) is 3.05. The van der Waals surface area contributed by atoms with Gasteiger partial charge in [-0.1, -0.05) is 37.5 Å². The molecule has 1 aliphatic carbocycles. The molecule has 1 saturated carbocycles. The fourth-order valence-electron chi connectivity index (χ4n) is 6.46. The smallest absolute Gasteiger partial charge is 0.329 e. The number of likely N-dealkylation sites (tertiary alicyclic amines) is 1. The summed E-state index contributed by atoms with van der Waals surface area (Å²) >= 11 is 0. The second-order valence-corrected chi connectivity index (χ2v) is 11.6. The Kier molecular flexibility index (Phi) is 12.4. The second-order valence-electron chi connectivity index (χ2n) is 11.6. The summed E-state index contributed by atoms with van der Waals surface area (Å²) in [7, 11) is 4.60. The van der Waals surface area contributed by atoms with Crippen molar-refractivity contribution in [3.05, 3.63) is 60.2 Å². The van der Waals surface area contributed by atoms with Crippen molar-refractivity contribution < 1.29 is 38.4 Å². The molecule has 0 unspecified atom stereocenters. The van der Waals surface area contributed by atoms with E-state index in [0.29, 0.717) is 37.3 Å². The van der Waals surface area contributed by atoms with E-state index in [9.17, 15) is 14.7 Å². The summed E-state index contributed by atoms with van der Waals surface area (Å²) in [6, 6.07) is 10.3. The summed E-state index contributed by atoms with van der Waals surface area (Å²) in [6.45, 7) is 4.87. The number of carbonyl (C=O) groups is 2. The lowest BCUT2D eigenvalue weighted by molar-refractivity contribution is -0.164. The molecule has 0 aromatic heterocycles. The van der Waals surface area contributed by atoms with E-state index in [1.807, 2.05) is 24.3 Å². The molecule has 2 aromatic carbocycles. The molecule has 1 N–H and O–H groups in total. The van der Waals surface area contributed by atoms with Crippen LogP contribution in [0.1, 0.15) is 74.8 Å². The van der Waals surface area contributed by atoms with E-state index < -0.39 is 24.0 Å². The molecule has 2 aromatic rings. The highest BCUT2D eigenvalue weighted by atomic mass is 16.6. The largest absolute Gasteiger partial charge is 0.504 e. The zero-order chi connectivity index (χ0) is 31.5. The molecule has 0 radical (unpaired) electrons. The summed E-state index contributed by atoms with van der Waals surface area (Å²) in [4.78, 5) is 29.9. The van der Waals surface area contributed by atoms with Crippen molar-refractivity contribution >= 4 is 11.9 Å².